The molecule has 2 amide bonds. The quantitative estimate of drug-likeness (QED) is 0.830. The SMILES string of the molecule is Cc1ccnn1CC(=O)N1CCCN(C(=O)OC(C)(C)C)CC1. The number of aromatic nitrogens is 2. The molecule has 1 aliphatic rings. The lowest BCUT2D eigenvalue weighted by atomic mass is 10.2. The molecule has 1 aromatic heterocycles. The number of carbonyl (C=O) groups excluding carboxylic acids is 2. The molecular formula is C16H26N4O3. The van der Waals surface area contributed by atoms with E-state index in [2.05, 4.69) is 5.10 Å². The third-order valence-corrected chi connectivity index (χ3v) is 3.71. The molecule has 7 nitrogen and oxygen atoms in total. The third-order valence-electron chi connectivity index (χ3n) is 3.71. The summed E-state index contributed by atoms with van der Waals surface area (Å²) in [6.07, 6.45) is 2.13. The van der Waals surface area contributed by atoms with Crippen molar-refractivity contribution in [2.75, 3.05) is 26.2 Å². The summed E-state index contributed by atoms with van der Waals surface area (Å²) in [4.78, 5) is 28.0. The van der Waals surface area contributed by atoms with Crippen LogP contribution in [0, 0.1) is 6.92 Å². The van der Waals surface area contributed by atoms with Crippen molar-refractivity contribution < 1.29 is 14.3 Å². The lowest BCUT2D eigenvalue weighted by Crippen LogP contribution is -2.40. The second-order valence-electron chi connectivity index (χ2n) is 6.83. The first-order chi connectivity index (χ1) is 10.8. The summed E-state index contributed by atoms with van der Waals surface area (Å²) in [5.41, 5.74) is 0.458. The molecule has 2 heterocycles. The zero-order valence-corrected chi connectivity index (χ0v) is 14.4. The molecule has 0 unspecified atom stereocenters. The molecule has 0 atom stereocenters. The van der Waals surface area contributed by atoms with E-state index < -0.39 is 5.60 Å². The van der Waals surface area contributed by atoms with E-state index in [1.807, 2.05) is 33.8 Å². The first-order valence-electron chi connectivity index (χ1n) is 8.00. The lowest BCUT2D eigenvalue weighted by molar-refractivity contribution is -0.132. The van der Waals surface area contributed by atoms with E-state index in [0.29, 0.717) is 26.2 Å². The molecule has 1 saturated heterocycles. The Morgan fingerprint density at radius 3 is 2.43 bits per heavy atom. The molecule has 0 spiro atoms. The van der Waals surface area contributed by atoms with Gasteiger partial charge in [-0.3, -0.25) is 9.48 Å². The molecule has 23 heavy (non-hydrogen) atoms. The molecule has 0 bridgehead atoms. The van der Waals surface area contributed by atoms with Crippen molar-refractivity contribution in [3.63, 3.8) is 0 Å². The second kappa shape index (κ2) is 7.02. The summed E-state index contributed by atoms with van der Waals surface area (Å²) in [6, 6.07) is 1.87. The molecule has 0 N–H and O–H groups in total. The summed E-state index contributed by atoms with van der Waals surface area (Å²) in [5, 5.41) is 4.14. The summed E-state index contributed by atoms with van der Waals surface area (Å²) >= 11 is 0. The second-order valence-corrected chi connectivity index (χ2v) is 6.83. The number of aryl methyl sites for hydroxylation is 1. The standard InChI is InChI=1S/C16H26N4O3/c1-13-6-7-17-20(13)12-14(21)18-8-5-9-19(11-10-18)15(22)23-16(2,3)4/h6-7H,5,8-12H2,1-4H3. The zero-order chi connectivity index (χ0) is 17.0. The van der Waals surface area contributed by atoms with Gasteiger partial charge in [-0.15, -0.1) is 0 Å². The zero-order valence-electron chi connectivity index (χ0n) is 14.4. The van der Waals surface area contributed by atoms with Crippen molar-refractivity contribution in [3.8, 4) is 0 Å². The van der Waals surface area contributed by atoms with Gasteiger partial charge in [-0.05, 0) is 40.2 Å². The van der Waals surface area contributed by atoms with Crippen LogP contribution in [-0.2, 0) is 16.1 Å². The summed E-state index contributed by atoms with van der Waals surface area (Å²) in [7, 11) is 0. The molecule has 1 aromatic rings. The minimum Gasteiger partial charge on any atom is -0.444 e. The van der Waals surface area contributed by atoms with Crippen LogP contribution in [0.15, 0.2) is 12.3 Å². The van der Waals surface area contributed by atoms with Crippen LogP contribution in [0.25, 0.3) is 0 Å². The number of rotatable bonds is 2. The highest BCUT2D eigenvalue weighted by molar-refractivity contribution is 5.76. The molecule has 1 aliphatic heterocycles. The highest BCUT2D eigenvalue weighted by Crippen LogP contribution is 2.12. The molecule has 0 aliphatic carbocycles. The van der Waals surface area contributed by atoms with Crippen LogP contribution >= 0.6 is 0 Å². The predicted molar refractivity (Wildman–Crippen MR) is 86.0 cm³/mol. The van der Waals surface area contributed by atoms with Crippen LogP contribution < -0.4 is 0 Å². The highest BCUT2D eigenvalue weighted by Gasteiger charge is 2.26. The Bertz CT molecular complexity index is 562. The van der Waals surface area contributed by atoms with Crippen molar-refractivity contribution in [2.45, 2.75) is 46.3 Å². The number of hydrogen-bond donors (Lipinski definition) is 0. The molecule has 0 saturated carbocycles. The van der Waals surface area contributed by atoms with Gasteiger partial charge in [-0.2, -0.15) is 5.10 Å². The highest BCUT2D eigenvalue weighted by atomic mass is 16.6. The Morgan fingerprint density at radius 1 is 1.17 bits per heavy atom. The molecule has 2 rings (SSSR count). The Balaban J connectivity index is 1.89. The van der Waals surface area contributed by atoms with Gasteiger partial charge >= 0.3 is 6.09 Å². The first kappa shape index (κ1) is 17.3. The number of hydrogen-bond acceptors (Lipinski definition) is 4. The van der Waals surface area contributed by atoms with Gasteiger partial charge in [0.2, 0.25) is 5.91 Å². The van der Waals surface area contributed by atoms with Gasteiger partial charge in [-0.25, -0.2) is 4.79 Å². The van der Waals surface area contributed by atoms with Crippen molar-refractivity contribution in [3.05, 3.63) is 18.0 Å². The maximum absolute atomic E-state index is 12.4. The first-order valence-corrected chi connectivity index (χ1v) is 8.00. The lowest BCUT2D eigenvalue weighted by Gasteiger charge is -2.26. The number of ether oxygens (including phenoxy) is 1. The fourth-order valence-electron chi connectivity index (χ4n) is 2.47. The van der Waals surface area contributed by atoms with E-state index in [9.17, 15) is 9.59 Å². The molecular weight excluding hydrogens is 296 g/mol. The number of nitrogens with zero attached hydrogens (tertiary/aromatic N) is 4. The minimum atomic E-state index is -0.503. The smallest absolute Gasteiger partial charge is 0.410 e. The molecule has 0 aromatic carbocycles. The van der Waals surface area contributed by atoms with Crippen LogP contribution in [0.4, 0.5) is 4.79 Å². The molecule has 0 radical (unpaired) electrons. The maximum atomic E-state index is 12.4. The van der Waals surface area contributed by atoms with Gasteiger partial charge in [0.25, 0.3) is 0 Å². The summed E-state index contributed by atoms with van der Waals surface area (Å²) < 4.78 is 7.09. The Hall–Kier alpha value is -2.05. The molecule has 1 fully saturated rings. The topological polar surface area (TPSA) is 67.7 Å². The minimum absolute atomic E-state index is 0.0304. The monoisotopic (exact) mass is 322 g/mol. The normalized spacial score (nSPS) is 16.2. The average molecular weight is 322 g/mol. The Labute approximate surface area is 137 Å². The van der Waals surface area contributed by atoms with Gasteiger partial charge in [-0.1, -0.05) is 0 Å². The van der Waals surface area contributed by atoms with Crippen molar-refractivity contribution in [2.24, 2.45) is 0 Å². The fraction of sp³-hybridized carbons (Fsp3) is 0.688. The fourth-order valence-corrected chi connectivity index (χ4v) is 2.47. The van der Waals surface area contributed by atoms with Crippen LogP contribution in [0.1, 0.15) is 32.9 Å². The van der Waals surface area contributed by atoms with Gasteiger partial charge in [0.05, 0.1) is 0 Å². The van der Waals surface area contributed by atoms with Gasteiger partial charge < -0.3 is 14.5 Å². The van der Waals surface area contributed by atoms with Crippen LogP contribution in [0.5, 0.6) is 0 Å². The van der Waals surface area contributed by atoms with Gasteiger partial charge in [0.1, 0.15) is 12.1 Å². The molecule has 7 heteroatoms. The van der Waals surface area contributed by atoms with Crippen molar-refractivity contribution in [1.82, 2.24) is 19.6 Å². The van der Waals surface area contributed by atoms with Gasteiger partial charge in [0.15, 0.2) is 0 Å². The van der Waals surface area contributed by atoms with Gasteiger partial charge in [0, 0.05) is 38.1 Å². The predicted octanol–water partition coefficient (Wildman–Crippen LogP) is 1.66. The summed E-state index contributed by atoms with van der Waals surface area (Å²) in [6.45, 7) is 10.0. The van der Waals surface area contributed by atoms with Crippen molar-refractivity contribution in [1.29, 1.82) is 0 Å². The van der Waals surface area contributed by atoms with E-state index >= 15 is 0 Å². The Kier molecular flexibility index (Phi) is 5.28. The average Bonchev–Trinajstić information content (AvgIpc) is 2.72. The number of amides is 2. The largest absolute Gasteiger partial charge is 0.444 e. The maximum Gasteiger partial charge on any atom is 0.410 e. The van der Waals surface area contributed by atoms with E-state index in [1.54, 1.807) is 20.7 Å². The van der Waals surface area contributed by atoms with E-state index in [4.69, 9.17) is 4.74 Å². The van der Waals surface area contributed by atoms with E-state index in [0.717, 1.165) is 12.1 Å². The third kappa shape index (κ3) is 4.97. The van der Waals surface area contributed by atoms with Crippen LogP contribution in [-0.4, -0.2) is 63.4 Å². The van der Waals surface area contributed by atoms with Crippen molar-refractivity contribution >= 4 is 12.0 Å². The van der Waals surface area contributed by atoms with E-state index in [1.165, 1.54) is 0 Å². The summed E-state index contributed by atoms with van der Waals surface area (Å²) in [5.74, 6) is 0.0304. The molecule has 128 valence electrons. The Morgan fingerprint density at radius 2 is 1.83 bits per heavy atom. The van der Waals surface area contributed by atoms with E-state index in [-0.39, 0.29) is 18.5 Å². The van der Waals surface area contributed by atoms with Crippen LogP contribution in [0.3, 0.4) is 0 Å². The van der Waals surface area contributed by atoms with Crippen LogP contribution in [0.2, 0.25) is 0 Å². The number of carbonyl (C=O) groups is 2.